The van der Waals surface area contributed by atoms with E-state index in [-0.39, 0.29) is 11.5 Å². The van der Waals surface area contributed by atoms with Crippen molar-refractivity contribution in [3.63, 3.8) is 0 Å². The van der Waals surface area contributed by atoms with Crippen LogP contribution in [0.2, 0.25) is 0 Å². The Labute approximate surface area is 143 Å². The molecule has 132 valence electrons. The van der Waals surface area contributed by atoms with E-state index in [4.69, 9.17) is 0 Å². The molecule has 0 radical (unpaired) electrons. The molecule has 0 saturated heterocycles. The smallest absolute Gasteiger partial charge is 0.0584 e. The molecule has 0 aromatic heterocycles. The zero-order valence-corrected chi connectivity index (χ0v) is 15.9. The third kappa shape index (κ3) is 2.44. The Morgan fingerprint density at radius 2 is 1.78 bits per heavy atom. The van der Waals surface area contributed by atoms with E-state index in [0.29, 0.717) is 11.3 Å². The molecule has 0 bridgehead atoms. The highest BCUT2D eigenvalue weighted by molar-refractivity contribution is 5.22. The second-order valence-corrected chi connectivity index (χ2v) is 9.15. The molecule has 4 saturated carbocycles. The molecule has 1 heteroatoms. The van der Waals surface area contributed by atoms with Gasteiger partial charge in [0.15, 0.2) is 0 Å². The van der Waals surface area contributed by atoms with Gasteiger partial charge in [-0.1, -0.05) is 52.7 Å². The van der Waals surface area contributed by atoms with Crippen molar-refractivity contribution in [2.24, 2.45) is 34.5 Å². The number of hydrogen-bond donors (Lipinski definition) is 1. The van der Waals surface area contributed by atoms with Crippen LogP contribution in [0, 0.1) is 34.5 Å². The normalized spacial score (nSPS) is 51.9. The molecule has 7 atom stereocenters. The predicted octanol–water partition coefficient (Wildman–Crippen LogP) is 5.97. The highest BCUT2D eigenvalue weighted by Crippen LogP contribution is 2.67. The van der Waals surface area contributed by atoms with Gasteiger partial charge in [-0.05, 0) is 79.4 Å². The summed E-state index contributed by atoms with van der Waals surface area (Å²) in [5.74, 6) is 3.02. The van der Waals surface area contributed by atoms with Gasteiger partial charge in [-0.3, -0.25) is 0 Å². The first-order chi connectivity index (χ1) is 11.0. The lowest BCUT2D eigenvalue weighted by molar-refractivity contribution is -0.156. The van der Waals surface area contributed by atoms with Gasteiger partial charge < -0.3 is 5.11 Å². The number of hydrogen-bond acceptors (Lipinski definition) is 1. The third-order valence-electron chi connectivity index (χ3n) is 8.47. The summed E-state index contributed by atoms with van der Waals surface area (Å²) in [6.45, 7) is 13.3. The van der Waals surface area contributed by atoms with E-state index in [9.17, 15) is 5.11 Å². The summed E-state index contributed by atoms with van der Waals surface area (Å²) in [7, 11) is 0. The largest absolute Gasteiger partial charge is 0.393 e. The van der Waals surface area contributed by atoms with Crippen molar-refractivity contribution in [3.05, 3.63) is 12.2 Å². The van der Waals surface area contributed by atoms with Gasteiger partial charge in [-0.15, -0.1) is 0 Å². The molecular formula is C22H38O. The Balaban J connectivity index is 0.000000753. The maximum Gasteiger partial charge on any atom is 0.0584 e. The molecule has 0 aliphatic heterocycles. The van der Waals surface area contributed by atoms with Crippen molar-refractivity contribution in [3.8, 4) is 0 Å². The second-order valence-electron chi connectivity index (χ2n) is 9.15. The Morgan fingerprint density at radius 3 is 2.52 bits per heavy atom. The zero-order chi connectivity index (χ0) is 16.8. The van der Waals surface area contributed by atoms with Crippen molar-refractivity contribution in [1.82, 2.24) is 0 Å². The summed E-state index contributed by atoms with van der Waals surface area (Å²) in [4.78, 5) is 0. The van der Waals surface area contributed by atoms with Crippen LogP contribution in [-0.4, -0.2) is 11.2 Å². The molecule has 0 amide bonds. The number of allylic oxidation sites excluding steroid dienone is 1. The fraction of sp³-hybridized carbons (Fsp3) is 0.909. The van der Waals surface area contributed by atoms with Crippen molar-refractivity contribution in [2.75, 3.05) is 0 Å². The summed E-state index contributed by atoms with van der Waals surface area (Å²) in [6.07, 6.45) is 11.8. The molecule has 1 nitrogen and oxygen atoms in total. The fourth-order valence-electron chi connectivity index (χ4n) is 7.32. The maximum absolute atomic E-state index is 11.1. The van der Waals surface area contributed by atoms with E-state index in [1.54, 1.807) is 0 Å². The molecule has 23 heavy (non-hydrogen) atoms. The first-order valence-electron chi connectivity index (χ1n) is 10.3. The molecule has 4 aliphatic carbocycles. The molecule has 0 heterocycles. The number of aliphatic hydroxyl groups is 1. The van der Waals surface area contributed by atoms with Crippen LogP contribution >= 0.6 is 0 Å². The van der Waals surface area contributed by atoms with Gasteiger partial charge in [0.2, 0.25) is 0 Å². The molecule has 0 spiro atoms. The first kappa shape index (κ1) is 17.5. The SMILES string of the molecule is C=C1CCC2C3CCC4CCCCC4(C)C3C(O)CC12C.CC. The minimum atomic E-state index is -0.0861. The number of rotatable bonds is 0. The first-order valence-corrected chi connectivity index (χ1v) is 10.3. The predicted molar refractivity (Wildman–Crippen MR) is 98.2 cm³/mol. The summed E-state index contributed by atoms with van der Waals surface area (Å²) >= 11 is 0. The molecule has 7 unspecified atom stereocenters. The lowest BCUT2D eigenvalue weighted by Crippen LogP contribution is -2.57. The van der Waals surface area contributed by atoms with E-state index in [1.807, 2.05) is 13.8 Å². The van der Waals surface area contributed by atoms with Gasteiger partial charge in [0.25, 0.3) is 0 Å². The van der Waals surface area contributed by atoms with Gasteiger partial charge in [-0.25, -0.2) is 0 Å². The minimum Gasteiger partial charge on any atom is -0.393 e. The Hall–Kier alpha value is -0.300. The molecule has 1 N–H and O–H groups in total. The molecule has 4 rings (SSSR count). The summed E-state index contributed by atoms with van der Waals surface area (Å²) < 4.78 is 0. The quantitative estimate of drug-likeness (QED) is 0.545. The topological polar surface area (TPSA) is 20.2 Å². The maximum atomic E-state index is 11.1. The summed E-state index contributed by atoms with van der Waals surface area (Å²) in [6, 6.07) is 0. The van der Waals surface area contributed by atoms with E-state index >= 15 is 0 Å². The average molecular weight is 319 g/mol. The molecule has 0 aromatic rings. The number of aliphatic hydroxyl groups excluding tert-OH is 1. The highest BCUT2D eigenvalue weighted by atomic mass is 16.3. The van der Waals surface area contributed by atoms with E-state index in [1.165, 1.54) is 56.9 Å². The van der Waals surface area contributed by atoms with Crippen molar-refractivity contribution >= 4 is 0 Å². The van der Waals surface area contributed by atoms with Gasteiger partial charge in [0, 0.05) is 0 Å². The van der Waals surface area contributed by atoms with Gasteiger partial charge >= 0.3 is 0 Å². The van der Waals surface area contributed by atoms with Crippen LogP contribution in [-0.2, 0) is 0 Å². The van der Waals surface area contributed by atoms with Crippen LogP contribution in [0.3, 0.4) is 0 Å². The van der Waals surface area contributed by atoms with Crippen LogP contribution in [0.25, 0.3) is 0 Å². The van der Waals surface area contributed by atoms with Crippen LogP contribution in [0.1, 0.15) is 85.5 Å². The van der Waals surface area contributed by atoms with E-state index in [0.717, 1.165) is 24.2 Å². The Morgan fingerprint density at radius 1 is 1.04 bits per heavy atom. The Bertz CT molecular complexity index is 455. The number of fused-ring (bicyclic) bond motifs is 5. The lowest BCUT2D eigenvalue weighted by Gasteiger charge is -2.61. The van der Waals surface area contributed by atoms with Crippen molar-refractivity contribution in [2.45, 2.75) is 91.6 Å². The standard InChI is InChI=1S/C20H32O.C2H6/c1-13-7-10-16-15-9-8-14-6-4-5-11-19(14,2)18(15)17(21)12-20(13,16)3;1-2/h14-18,21H,1,4-12H2,2-3H3;1-2H3. The Kier molecular flexibility index (Phi) is 4.73. The van der Waals surface area contributed by atoms with Gasteiger partial charge in [0.05, 0.1) is 6.10 Å². The van der Waals surface area contributed by atoms with E-state index < -0.39 is 0 Å². The minimum absolute atomic E-state index is 0.0861. The summed E-state index contributed by atoms with van der Waals surface area (Å²) in [5.41, 5.74) is 2.09. The highest BCUT2D eigenvalue weighted by Gasteiger charge is 2.61. The zero-order valence-electron chi connectivity index (χ0n) is 15.9. The third-order valence-corrected chi connectivity index (χ3v) is 8.47. The van der Waals surface area contributed by atoms with Crippen LogP contribution < -0.4 is 0 Å². The van der Waals surface area contributed by atoms with Crippen LogP contribution in [0.5, 0.6) is 0 Å². The molecular weight excluding hydrogens is 280 g/mol. The summed E-state index contributed by atoms with van der Waals surface area (Å²) in [5, 5.41) is 11.1. The van der Waals surface area contributed by atoms with Gasteiger partial charge in [0.1, 0.15) is 0 Å². The van der Waals surface area contributed by atoms with Crippen LogP contribution in [0.15, 0.2) is 12.2 Å². The van der Waals surface area contributed by atoms with Crippen LogP contribution in [0.4, 0.5) is 0 Å². The average Bonchev–Trinajstić information content (AvgIpc) is 2.83. The van der Waals surface area contributed by atoms with Gasteiger partial charge in [-0.2, -0.15) is 0 Å². The second kappa shape index (κ2) is 6.21. The molecule has 4 fully saturated rings. The van der Waals surface area contributed by atoms with E-state index in [2.05, 4.69) is 20.4 Å². The lowest BCUT2D eigenvalue weighted by atomic mass is 9.44. The monoisotopic (exact) mass is 318 g/mol. The molecule has 4 aliphatic rings. The molecule has 0 aromatic carbocycles. The fourth-order valence-corrected chi connectivity index (χ4v) is 7.32. The van der Waals surface area contributed by atoms with Crippen molar-refractivity contribution < 1.29 is 5.11 Å². The van der Waals surface area contributed by atoms with Crippen molar-refractivity contribution in [1.29, 1.82) is 0 Å².